The summed E-state index contributed by atoms with van der Waals surface area (Å²) < 4.78 is 32.2. The smallest absolute Gasteiger partial charge is 0.277 e. The lowest BCUT2D eigenvalue weighted by atomic mass is 10.1. The Kier molecular flexibility index (Phi) is 5.90. The molecule has 7 nitrogen and oxygen atoms in total. The lowest BCUT2D eigenvalue weighted by Gasteiger charge is -2.25. The van der Waals surface area contributed by atoms with Gasteiger partial charge in [0, 0.05) is 35.4 Å². The molecule has 3 aromatic rings. The molecule has 0 radical (unpaired) electrons. The molecule has 0 spiro atoms. The average molecular weight is 446 g/mol. The van der Waals surface area contributed by atoms with Crippen molar-refractivity contribution in [1.82, 2.24) is 9.46 Å². The number of carbonyl (C=O) groups excluding carboxylic acids is 1. The van der Waals surface area contributed by atoms with E-state index in [2.05, 4.69) is 10.5 Å². The first-order valence-corrected chi connectivity index (χ1v) is 11.4. The lowest BCUT2D eigenvalue weighted by Crippen LogP contribution is -2.35. The number of hydrogen-bond donors (Lipinski definition) is 1. The molecule has 1 N–H and O–H groups in total. The summed E-state index contributed by atoms with van der Waals surface area (Å²) in [6.45, 7) is 1.09. The van der Waals surface area contributed by atoms with Crippen LogP contribution in [0, 0.1) is 0 Å². The van der Waals surface area contributed by atoms with Crippen molar-refractivity contribution >= 4 is 33.2 Å². The van der Waals surface area contributed by atoms with Crippen LogP contribution < -0.4 is 5.32 Å². The van der Waals surface area contributed by atoms with Crippen LogP contribution in [0.3, 0.4) is 0 Å². The van der Waals surface area contributed by atoms with E-state index in [-0.39, 0.29) is 10.6 Å². The van der Waals surface area contributed by atoms with Crippen LogP contribution in [-0.4, -0.2) is 36.9 Å². The number of aromatic nitrogens is 1. The molecule has 0 saturated carbocycles. The van der Waals surface area contributed by atoms with E-state index in [1.54, 1.807) is 36.4 Å². The van der Waals surface area contributed by atoms with Gasteiger partial charge in [0.2, 0.25) is 10.0 Å². The van der Waals surface area contributed by atoms with Crippen LogP contribution >= 0.6 is 11.6 Å². The molecule has 1 fully saturated rings. The molecule has 2 heterocycles. The molecule has 1 aromatic heterocycles. The fourth-order valence-corrected chi connectivity index (χ4v) is 4.94. The van der Waals surface area contributed by atoms with Crippen molar-refractivity contribution in [2.24, 2.45) is 0 Å². The number of carbonyl (C=O) groups is 1. The molecule has 1 saturated heterocycles. The normalized spacial score (nSPS) is 15.1. The molecule has 156 valence electrons. The fourth-order valence-electron chi connectivity index (χ4n) is 3.29. The van der Waals surface area contributed by atoms with Crippen molar-refractivity contribution in [2.45, 2.75) is 24.2 Å². The number of rotatable bonds is 5. The van der Waals surface area contributed by atoms with E-state index in [1.165, 1.54) is 22.5 Å². The van der Waals surface area contributed by atoms with Gasteiger partial charge in [-0.15, -0.1) is 0 Å². The van der Waals surface area contributed by atoms with E-state index in [4.69, 9.17) is 16.1 Å². The molecule has 1 aliphatic heterocycles. The second-order valence-electron chi connectivity index (χ2n) is 7.03. The average Bonchev–Trinajstić information content (AvgIpc) is 3.26. The zero-order chi connectivity index (χ0) is 21.1. The molecule has 4 rings (SSSR count). The zero-order valence-corrected chi connectivity index (χ0v) is 17.6. The van der Waals surface area contributed by atoms with Crippen LogP contribution in [0.15, 0.2) is 64.0 Å². The van der Waals surface area contributed by atoms with Gasteiger partial charge < -0.3 is 9.84 Å². The Morgan fingerprint density at radius 1 is 1.00 bits per heavy atom. The Labute approximate surface area is 179 Å². The number of sulfonamides is 1. The van der Waals surface area contributed by atoms with Gasteiger partial charge in [-0.05, 0) is 61.4 Å². The molecule has 30 heavy (non-hydrogen) atoms. The maximum atomic E-state index is 12.7. The number of amides is 1. The van der Waals surface area contributed by atoms with Crippen LogP contribution in [-0.2, 0) is 10.0 Å². The standard InChI is InChI=1S/C21H20ClN3O4S/c22-16-6-4-15(5-7-16)20-14-19(24-29-20)21(26)23-17-8-10-18(11-9-17)30(27,28)25-12-2-1-3-13-25/h4-11,14H,1-3,12-13H2,(H,23,26). The van der Waals surface area contributed by atoms with Crippen molar-refractivity contribution < 1.29 is 17.7 Å². The van der Waals surface area contributed by atoms with Crippen LogP contribution in [0.5, 0.6) is 0 Å². The number of piperidine rings is 1. The molecule has 1 aliphatic rings. The third kappa shape index (κ3) is 4.40. The lowest BCUT2D eigenvalue weighted by molar-refractivity contribution is 0.101. The van der Waals surface area contributed by atoms with E-state index >= 15 is 0 Å². The van der Waals surface area contributed by atoms with Crippen molar-refractivity contribution in [2.75, 3.05) is 18.4 Å². The fraction of sp³-hybridized carbons (Fsp3) is 0.238. The number of nitrogens with zero attached hydrogens (tertiary/aromatic N) is 2. The predicted octanol–water partition coefficient (Wildman–Crippen LogP) is 4.42. The van der Waals surface area contributed by atoms with Gasteiger partial charge in [0.25, 0.3) is 5.91 Å². The van der Waals surface area contributed by atoms with E-state index in [0.29, 0.717) is 29.6 Å². The van der Waals surface area contributed by atoms with Crippen LogP contribution in [0.4, 0.5) is 5.69 Å². The molecule has 2 aromatic carbocycles. The molecule has 0 unspecified atom stereocenters. The minimum Gasteiger partial charge on any atom is -0.355 e. The molecular formula is C21H20ClN3O4S. The third-order valence-corrected chi connectivity index (χ3v) is 7.10. The molecular weight excluding hydrogens is 426 g/mol. The van der Waals surface area contributed by atoms with E-state index < -0.39 is 15.9 Å². The summed E-state index contributed by atoms with van der Waals surface area (Å²) in [4.78, 5) is 12.7. The van der Waals surface area contributed by atoms with E-state index in [0.717, 1.165) is 24.8 Å². The van der Waals surface area contributed by atoms with Gasteiger partial charge in [0.1, 0.15) is 0 Å². The van der Waals surface area contributed by atoms with Crippen molar-refractivity contribution in [3.05, 3.63) is 65.3 Å². The number of anilines is 1. The van der Waals surface area contributed by atoms with Gasteiger partial charge in [-0.1, -0.05) is 23.2 Å². The topological polar surface area (TPSA) is 92.5 Å². The highest BCUT2D eigenvalue weighted by Crippen LogP contribution is 2.24. The van der Waals surface area contributed by atoms with Gasteiger partial charge in [-0.2, -0.15) is 4.31 Å². The molecule has 9 heteroatoms. The quantitative estimate of drug-likeness (QED) is 0.627. The minimum atomic E-state index is -3.51. The Morgan fingerprint density at radius 3 is 2.33 bits per heavy atom. The number of nitrogens with one attached hydrogen (secondary N) is 1. The largest absolute Gasteiger partial charge is 0.355 e. The number of hydrogen-bond acceptors (Lipinski definition) is 5. The Balaban J connectivity index is 1.44. The summed E-state index contributed by atoms with van der Waals surface area (Å²) in [6, 6.07) is 14.6. The third-order valence-electron chi connectivity index (χ3n) is 4.94. The highest BCUT2D eigenvalue weighted by atomic mass is 35.5. The highest BCUT2D eigenvalue weighted by molar-refractivity contribution is 7.89. The summed E-state index contributed by atoms with van der Waals surface area (Å²) in [5, 5.41) is 7.10. The summed E-state index contributed by atoms with van der Waals surface area (Å²) in [6.07, 6.45) is 2.81. The Bertz CT molecular complexity index is 1140. The SMILES string of the molecule is O=C(Nc1ccc(S(=O)(=O)N2CCCCC2)cc1)c1cc(-c2ccc(Cl)cc2)on1. The summed E-state index contributed by atoms with van der Waals surface area (Å²) in [7, 11) is -3.51. The summed E-state index contributed by atoms with van der Waals surface area (Å²) in [5.41, 5.74) is 1.33. The van der Waals surface area contributed by atoms with Crippen molar-refractivity contribution in [3.63, 3.8) is 0 Å². The maximum Gasteiger partial charge on any atom is 0.277 e. The Morgan fingerprint density at radius 2 is 1.67 bits per heavy atom. The van der Waals surface area contributed by atoms with Crippen LogP contribution in [0.25, 0.3) is 11.3 Å². The summed E-state index contributed by atoms with van der Waals surface area (Å²) in [5.74, 6) is -0.00890. The van der Waals surface area contributed by atoms with Crippen LogP contribution in [0.1, 0.15) is 29.8 Å². The first kappa shape index (κ1) is 20.6. The highest BCUT2D eigenvalue weighted by Gasteiger charge is 2.25. The van der Waals surface area contributed by atoms with Crippen LogP contribution in [0.2, 0.25) is 5.02 Å². The second kappa shape index (κ2) is 8.59. The molecule has 0 atom stereocenters. The van der Waals surface area contributed by atoms with Gasteiger partial charge in [0.05, 0.1) is 4.90 Å². The van der Waals surface area contributed by atoms with Gasteiger partial charge in [-0.3, -0.25) is 4.79 Å². The summed E-state index contributed by atoms with van der Waals surface area (Å²) >= 11 is 5.88. The minimum absolute atomic E-state index is 0.116. The zero-order valence-electron chi connectivity index (χ0n) is 16.0. The molecule has 0 bridgehead atoms. The number of halogens is 1. The van der Waals surface area contributed by atoms with E-state index in [9.17, 15) is 13.2 Å². The first-order chi connectivity index (χ1) is 14.4. The van der Waals surface area contributed by atoms with Gasteiger partial charge >= 0.3 is 0 Å². The molecule has 1 amide bonds. The van der Waals surface area contributed by atoms with Gasteiger partial charge in [-0.25, -0.2) is 8.42 Å². The molecule has 0 aliphatic carbocycles. The Hall–Kier alpha value is -2.68. The van der Waals surface area contributed by atoms with Crippen molar-refractivity contribution in [1.29, 1.82) is 0 Å². The first-order valence-electron chi connectivity index (χ1n) is 9.58. The van der Waals surface area contributed by atoms with Gasteiger partial charge in [0.15, 0.2) is 11.5 Å². The predicted molar refractivity (Wildman–Crippen MR) is 114 cm³/mol. The van der Waals surface area contributed by atoms with Crippen molar-refractivity contribution in [3.8, 4) is 11.3 Å². The second-order valence-corrected chi connectivity index (χ2v) is 9.40. The number of benzene rings is 2. The maximum absolute atomic E-state index is 12.7. The van der Waals surface area contributed by atoms with E-state index in [1.807, 2.05) is 0 Å². The monoisotopic (exact) mass is 445 g/mol.